The van der Waals surface area contributed by atoms with Crippen molar-refractivity contribution in [1.82, 2.24) is 4.98 Å². The highest BCUT2D eigenvalue weighted by Crippen LogP contribution is 2.35. The van der Waals surface area contributed by atoms with Gasteiger partial charge in [-0.3, -0.25) is 0 Å². The van der Waals surface area contributed by atoms with Gasteiger partial charge in [0.1, 0.15) is 5.82 Å². The van der Waals surface area contributed by atoms with Crippen LogP contribution in [0.5, 0.6) is 0 Å². The number of carboxylic acids is 1. The largest absolute Gasteiger partial charge is 0.478 e. The average molecular weight is 312 g/mol. The monoisotopic (exact) mass is 311 g/mol. The van der Waals surface area contributed by atoms with Crippen LogP contribution >= 0.6 is 23.2 Å². The van der Waals surface area contributed by atoms with Crippen molar-refractivity contribution in [2.45, 2.75) is 6.92 Å². The topological polar surface area (TPSA) is 88.2 Å². The molecule has 0 saturated carbocycles. The Balaban J connectivity index is 2.43. The molecule has 1 aromatic heterocycles. The fourth-order valence-electron chi connectivity index (χ4n) is 1.62. The number of pyridine rings is 1. The number of aryl methyl sites for hydroxylation is 1. The molecule has 0 aliphatic heterocycles. The van der Waals surface area contributed by atoms with Crippen molar-refractivity contribution in [2.24, 2.45) is 0 Å². The molecule has 1 heterocycles. The first-order chi connectivity index (χ1) is 9.40. The fourth-order valence-corrected chi connectivity index (χ4v) is 2.08. The lowest BCUT2D eigenvalue weighted by molar-refractivity contribution is 0.0698. The summed E-state index contributed by atoms with van der Waals surface area (Å²) in [6.07, 6.45) is 1.27. The molecule has 2 rings (SSSR count). The van der Waals surface area contributed by atoms with E-state index in [1.54, 1.807) is 12.1 Å². The third-order valence-electron chi connectivity index (χ3n) is 2.70. The Morgan fingerprint density at radius 1 is 1.40 bits per heavy atom. The van der Waals surface area contributed by atoms with Crippen molar-refractivity contribution < 1.29 is 9.90 Å². The lowest BCUT2D eigenvalue weighted by Gasteiger charge is -2.12. The first kappa shape index (κ1) is 14.4. The molecule has 0 radical (unpaired) electrons. The molecule has 0 unspecified atom stereocenters. The summed E-state index contributed by atoms with van der Waals surface area (Å²) in [5.74, 6) is -0.833. The number of rotatable bonds is 3. The lowest BCUT2D eigenvalue weighted by atomic mass is 10.2. The van der Waals surface area contributed by atoms with Gasteiger partial charge >= 0.3 is 5.97 Å². The van der Waals surface area contributed by atoms with Crippen LogP contribution in [0.25, 0.3) is 0 Å². The number of aromatic carboxylic acids is 1. The number of nitrogens with two attached hydrogens (primary N) is 1. The minimum atomic E-state index is -1.13. The van der Waals surface area contributed by atoms with Crippen LogP contribution in [-0.4, -0.2) is 16.1 Å². The minimum Gasteiger partial charge on any atom is -0.478 e. The van der Waals surface area contributed by atoms with Crippen molar-refractivity contribution in [3.8, 4) is 0 Å². The molecule has 4 N–H and O–H groups in total. The summed E-state index contributed by atoms with van der Waals surface area (Å²) in [5, 5.41) is 12.8. The maximum atomic E-state index is 11.0. The van der Waals surface area contributed by atoms with E-state index < -0.39 is 5.97 Å². The Morgan fingerprint density at radius 3 is 2.75 bits per heavy atom. The highest BCUT2D eigenvalue weighted by atomic mass is 35.5. The Kier molecular flexibility index (Phi) is 4.01. The number of anilines is 3. The number of nitrogen functional groups attached to an aromatic ring is 1. The molecule has 2 aromatic rings. The van der Waals surface area contributed by atoms with Crippen LogP contribution in [0.4, 0.5) is 17.2 Å². The van der Waals surface area contributed by atoms with E-state index in [2.05, 4.69) is 10.3 Å². The molecular weight excluding hydrogens is 301 g/mol. The van der Waals surface area contributed by atoms with Crippen LogP contribution in [0.1, 0.15) is 15.9 Å². The molecule has 0 atom stereocenters. The molecule has 0 saturated heterocycles. The van der Waals surface area contributed by atoms with E-state index >= 15 is 0 Å². The number of carbonyl (C=O) groups is 1. The van der Waals surface area contributed by atoms with Gasteiger partial charge in [-0.25, -0.2) is 9.78 Å². The van der Waals surface area contributed by atoms with Crippen molar-refractivity contribution >= 4 is 46.4 Å². The van der Waals surface area contributed by atoms with E-state index in [1.165, 1.54) is 12.3 Å². The summed E-state index contributed by atoms with van der Waals surface area (Å²) in [6, 6.07) is 4.81. The van der Waals surface area contributed by atoms with Crippen molar-refractivity contribution in [3.05, 3.63) is 45.6 Å². The number of benzene rings is 1. The highest BCUT2D eigenvalue weighted by Gasteiger charge is 2.13. The number of nitrogens with one attached hydrogen (secondary N) is 1. The van der Waals surface area contributed by atoms with Gasteiger partial charge in [-0.2, -0.15) is 0 Å². The van der Waals surface area contributed by atoms with Crippen LogP contribution in [0.2, 0.25) is 10.0 Å². The van der Waals surface area contributed by atoms with Gasteiger partial charge in [-0.15, -0.1) is 0 Å². The normalized spacial score (nSPS) is 10.3. The predicted molar refractivity (Wildman–Crippen MR) is 80.1 cm³/mol. The zero-order valence-electron chi connectivity index (χ0n) is 10.4. The second-order valence-electron chi connectivity index (χ2n) is 4.14. The van der Waals surface area contributed by atoms with Gasteiger partial charge in [-0.1, -0.05) is 29.3 Å². The number of hydrogen-bond acceptors (Lipinski definition) is 4. The van der Waals surface area contributed by atoms with E-state index in [0.717, 1.165) is 5.56 Å². The van der Waals surface area contributed by atoms with Gasteiger partial charge in [0.25, 0.3) is 0 Å². The minimum absolute atomic E-state index is 0.0394. The Bertz CT molecular complexity index is 690. The number of carboxylic acid groups (broad SMARTS) is 1. The Labute approximate surface area is 125 Å². The maximum Gasteiger partial charge on any atom is 0.337 e. The first-order valence-corrected chi connectivity index (χ1v) is 6.36. The molecule has 0 aliphatic carbocycles. The second kappa shape index (κ2) is 5.56. The molecule has 7 heteroatoms. The summed E-state index contributed by atoms with van der Waals surface area (Å²) in [7, 11) is 0. The van der Waals surface area contributed by atoms with Gasteiger partial charge < -0.3 is 16.2 Å². The van der Waals surface area contributed by atoms with Gasteiger partial charge in [0.2, 0.25) is 0 Å². The number of halogens is 2. The summed E-state index contributed by atoms with van der Waals surface area (Å²) in [5.41, 5.74) is 6.91. The molecule has 20 heavy (non-hydrogen) atoms. The quantitative estimate of drug-likeness (QED) is 0.804. The molecule has 0 bridgehead atoms. The Morgan fingerprint density at radius 2 is 2.10 bits per heavy atom. The zero-order chi connectivity index (χ0) is 14.9. The predicted octanol–water partition coefficient (Wildman–Crippen LogP) is 3.72. The Hall–Kier alpha value is -1.98. The smallest absolute Gasteiger partial charge is 0.337 e. The standard InChI is InChI=1S/C13H11Cl2N3O2/c1-6-2-3-8(14)12(11(6)15)18-10-4-7(13(19)20)9(16)5-17-10/h2-5H,16H2,1H3,(H,17,18)(H,19,20). The van der Waals surface area contributed by atoms with Gasteiger partial charge in [0.15, 0.2) is 0 Å². The lowest BCUT2D eigenvalue weighted by Crippen LogP contribution is -2.05. The summed E-state index contributed by atoms with van der Waals surface area (Å²) in [4.78, 5) is 15.0. The fraction of sp³-hybridized carbons (Fsp3) is 0.0769. The summed E-state index contributed by atoms with van der Waals surface area (Å²) >= 11 is 12.2. The molecular formula is C13H11Cl2N3O2. The van der Waals surface area contributed by atoms with Gasteiger partial charge in [0, 0.05) is 0 Å². The maximum absolute atomic E-state index is 11.0. The molecule has 0 aliphatic rings. The van der Waals surface area contributed by atoms with E-state index in [9.17, 15) is 4.79 Å². The van der Waals surface area contributed by atoms with E-state index in [4.69, 9.17) is 34.0 Å². The highest BCUT2D eigenvalue weighted by molar-refractivity contribution is 6.39. The molecule has 5 nitrogen and oxygen atoms in total. The average Bonchev–Trinajstić information content (AvgIpc) is 2.40. The van der Waals surface area contributed by atoms with Crippen LogP contribution < -0.4 is 11.1 Å². The van der Waals surface area contributed by atoms with Crippen LogP contribution in [0, 0.1) is 6.92 Å². The van der Waals surface area contributed by atoms with Crippen molar-refractivity contribution in [1.29, 1.82) is 0 Å². The molecule has 0 amide bonds. The summed E-state index contributed by atoms with van der Waals surface area (Å²) < 4.78 is 0. The molecule has 104 valence electrons. The van der Waals surface area contributed by atoms with Crippen LogP contribution in [0.15, 0.2) is 24.4 Å². The molecule has 0 spiro atoms. The number of hydrogen-bond donors (Lipinski definition) is 3. The third kappa shape index (κ3) is 2.79. The van der Waals surface area contributed by atoms with Crippen LogP contribution in [0.3, 0.4) is 0 Å². The number of aromatic nitrogens is 1. The van der Waals surface area contributed by atoms with E-state index in [-0.39, 0.29) is 11.3 Å². The number of nitrogens with zero attached hydrogens (tertiary/aromatic N) is 1. The third-order valence-corrected chi connectivity index (χ3v) is 3.50. The second-order valence-corrected chi connectivity index (χ2v) is 4.93. The van der Waals surface area contributed by atoms with E-state index in [1.807, 2.05) is 6.92 Å². The summed E-state index contributed by atoms with van der Waals surface area (Å²) in [6.45, 7) is 1.84. The van der Waals surface area contributed by atoms with Crippen LogP contribution in [-0.2, 0) is 0 Å². The zero-order valence-corrected chi connectivity index (χ0v) is 12.0. The molecule has 0 fully saturated rings. The van der Waals surface area contributed by atoms with Crippen molar-refractivity contribution in [3.63, 3.8) is 0 Å². The first-order valence-electron chi connectivity index (χ1n) is 5.60. The SMILES string of the molecule is Cc1ccc(Cl)c(Nc2cc(C(=O)O)c(N)cn2)c1Cl. The van der Waals surface area contributed by atoms with Gasteiger partial charge in [-0.05, 0) is 24.6 Å². The molecule has 1 aromatic carbocycles. The van der Waals surface area contributed by atoms with Crippen molar-refractivity contribution in [2.75, 3.05) is 11.1 Å². The van der Waals surface area contributed by atoms with E-state index in [0.29, 0.717) is 21.6 Å². The van der Waals surface area contributed by atoms with Gasteiger partial charge in [0.05, 0.1) is 33.2 Å².